The summed E-state index contributed by atoms with van der Waals surface area (Å²) in [5.74, 6) is -0.552. The van der Waals surface area contributed by atoms with E-state index >= 15 is 0 Å². The highest BCUT2D eigenvalue weighted by Crippen LogP contribution is 2.28. The normalized spacial score (nSPS) is 12.1. The van der Waals surface area contributed by atoms with E-state index in [4.69, 9.17) is 21.9 Å². The number of phenolic OH excluding ortho intramolecular Hbond substituents is 1. The van der Waals surface area contributed by atoms with Gasteiger partial charge in [0.15, 0.2) is 5.96 Å². The Bertz CT molecular complexity index is 1260. The van der Waals surface area contributed by atoms with Crippen molar-refractivity contribution in [2.45, 2.75) is 44.2 Å². The van der Waals surface area contributed by atoms with E-state index in [-0.39, 0.29) is 30.1 Å². The lowest BCUT2D eigenvalue weighted by Crippen LogP contribution is -2.48. The predicted molar refractivity (Wildman–Crippen MR) is 160 cm³/mol. The molecule has 9 N–H and O–H groups in total. The quantitative estimate of drug-likeness (QED) is 0.0885. The molecular formula is C31H40N6O4. The number of unbranched alkanes of at least 4 members (excludes halogenated alkanes) is 1. The van der Waals surface area contributed by atoms with Crippen LogP contribution in [0.4, 0.5) is 0 Å². The zero-order valence-electron chi connectivity index (χ0n) is 23.2. The standard InChI is InChI=1S/C31H40N6O4/c32-17-4-5-19-41-26-11-6-10-24(20-26)28(23-8-2-1-3-9-23)30(40)37-27(12-7-18-35-31(33)34)29(39)36-21-22-13-15-25(38)16-14-22/h1-3,6,8-11,13-16,20,27-28,38H,4-5,7,12,17-19,21,32H2,(H,36,39)(H,37,40)(H4,33,34,35)/t27-,28?/m1/s1. The number of ether oxygens (including phenoxy) is 1. The van der Waals surface area contributed by atoms with Crippen molar-refractivity contribution >= 4 is 17.8 Å². The largest absolute Gasteiger partial charge is 0.508 e. The van der Waals surface area contributed by atoms with Gasteiger partial charge < -0.3 is 37.7 Å². The van der Waals surface area contributed by atoms with E-state index in [0.29, 0.717) is 38.3 Å². The van der Waals surface area contributed by atoms with Gasteiger partial charge in [0.1, 0.15) is 17.5 Å². The molecular weight excluding hydrogens is 520 g/mol. The van der Waals surface area contributed by atoms with Crippen LogP contribution in [-0.2, 0) is 16.1 Å². The van der Waals surface area contributed by atoms with Gasteiger partial charge in [-0.15, -0.1) is 0 Å². The average molecular weight is 561 g/mol. The number of nitrogens with one attached hydrogen (secondary N) is 2. The Labute approximate surface area is 241 Å². The van der Waals surface area contributed by atoms with Gasteiger partial charge in [-0.1, -0.05) is 54.6 Å². The third kappa shape index (κ3) is 10.5. The van der Waals surface area contributed by atoms with Crippen molar-refractivity contribution in [2.24, 2.45) is 22.2 Å². The van der Waals surface area contributed by atoms with Crippen LogP contribution < -0.4 is 32.6 Å². The molecule has 0 fully saturated rings. The molecule has 10 nitrogen and oxygen atoms in total. The minimum atomic E-state index is -0.823. The maximum Gasteiger partial charge on any atom is 0.242 e. The highest BCUT2D eigenvalue weighted by Gasteiger charge is 2.28. The molecule has 10 heteroatoms. The van der Waals surface area contributed by atoms with Crippen LogP contribution in [0.25, 0.3) is 0 Å². The first-order valence-electron chi connectivity index (χ1n) is 13.8. The maximum atomic E-state index is 13.9. The predicted octanol–water partition coefficient (Wildman–Crippen LogP) is 2.50. The molecule has 218 valence electrons. The Hall–Kier alpha value is -4.57. The second kappa shape index (κ2) is 16.5. The molecule has 3 aromatic carbocycles. The fourth-order valence-corrected chi connectivity index (χ4v) is 4.31. The zero-order chi connectivity index (χ0) is 29.5. The molecule has 0 saturated heterocycles. The van der Waals surface area contributed by atoms with Gasteiger partial charge in [0.2, 0.25) is 11.8 Å². The van der Waals surface area contributed by atoms with Gasteiger partial charge in [-0.2, -0.15) is 0 Å². The van der Waals surface area contributed by atoms with Gasteiger partial charge in [0.05, 0.1) is 12.5 Å². The smallest absolute Gasteiger partial charge is 0.242 e. The Morgan fingerprint density at radius 1 is 0.878 bits per heavy atom. The summed E-state index contributed by atoms with van der Waals surface area (Å²) in [5, 5.41) is 15.4. The molecule has 0 radical (unpaired) electrons. The lowest BCUT2D eigenvalue weighted by atomic mass is 9.90. The Kier molecular flexibility index (Phi) is 12.5. The van der Waals surface area contributed by atoms with Crippen LogP contribution in [0.5, 0.6) is 11.5 Å². The number of aliphatic imine (C=N–C) groups is 1. The molecule has 0 aliphatic heterocycles. The van der Waals surface area contributed by atoms with E-state index in [9.17, 15) is 14.7 Å². The van der Waals surface area contributed by atoms with Gasteiger partial charge in [-0.05, 0) is 73.2 Å². The molecule has 3 aromatic rings. The van der Waals surface area contributed by atoms with Crippen LogP contribution in [0, 0.1) is 0 Å². The third-order valence-corrected chi connectivity index (χ3v) is 6.44. The summed E-state index contributed by atoms with van der Waals surface area (Å²) in [6.45, 7) is 1.70. The summed E-state index contributed by atoms with van der Waals surface area (Å²) in [5.41, 5.74) is 18.8. The van der Waals surface area contributed by atoms with Gasteiger partial charge in [-0.3, -0.25) is 14.6 Å². The van der Waals surface area contributed by atoms with E-state index in [2.05, 4.69) is 15.6 Å². The van der Waals surface area contributed by atoms with Crippen LogP contribution in [-0.4, -0.2) is 48.6 Å². The van der Waals surface area contributed by atoms with Gasteiger partial charge in [0.25, 0.3) is 0 Å². The molecule has 0 bridgehead atoms. The number of benzene rings is 3. The summed E-state index contributed by atoms with van der Waals surface area (Å²) in [6, 6.07) is 22.6. The topological polar surface area (TPSA) is 178 Å². The van der Waals surface area contributed by atoms with Crippen LogP contribution >= 0.6 is 0 Å². The highest BCUT2D eigenvalue weighted by atomic mass is 16.5. The molecule has 0 saturated carbocycles. The van der Waals surface area contributed by atoms with Crippen molar-refractivity contribution in [1.82, 2.24) is 10.6 Å². The van der Waals surface area contributed by atoms with Crippen LogP contribution in [0.1, 0.15) is 48.3 Å². The molecule has 0 aliphatic carbocycles. The molecule has 0 heterocycles. The van der Waals surface area contributed by atoms with Crippen molar-refractivity contribution in [2.75, 3.05) is 19.7 Å². The van der Waals surface area contributed by atoms with Crippen LogP contribution in [0.15, 0.2) is 83.9 Å². The number of hydrogen-bond acceptors (Lipinski definition) is 6. The maximum absolute atomic E-state index is 13.9. The second-order valence-electron chi connectivity index (χ2n) is 9.65. The first-order valence-corrected chi connectivity index (χ1v) is 13.8. The van der Waals surface area contributed by atoms with Gasteiger partial charge in [-0.25, -0.2) is 0 Å². The second-order valence-corrected chi connectivity index (χ2v) is 9.65. The first-order chi connectivity index (χ1) is 19.9. The summed E-state index contributed by atoms with van der Waals surface area (Å²) >= 11 is 0. The monoisotopic (exact) mass is 560 g/mol. The molecule has 2 atom stereocenters. The minimum Gasteiger partial charge on any atom is -0.508 e. The number of nitrogens with zero attached hydrogens (tertiary/aromatic N) is 1. The first kappa shape index (κ1) is 31.0. The van der Waals surface area contributed by atoms with E-state index in [1.54, 1.807) is 24.3 Å². The van der Waals surface area contributed by atoms with Crippen LogP contribution in [0.2, 0.25) is 0 Å². The van der Waals surface area contributed by atoms with E-state index in [0.717, 1.165) is 29.5 Å². The number of hydrogen-bond donors (Lipinski definition) is 6. The summed E-state index contributed by atoms with van der Waals surface area (Å²) < 4.78 is 5.90. The lowest BCUT2D eigenvalue weighted by molar-refractivity contribution is -0.129. The molecule has 1 unspecified atom stereocenters. The number of amides is 2. The van der Waals surface area contributed by atoms with Gasteiger partial charge in [0, 0.05) is 13.1 Å². The Morgan fingerprint density at radius 3 is 2.32 bits per heavy atom. The average Bonchev–Trinajstić information content (AvgIpc) is 2.97. The van der Waals surface area contributed by atoms with Crippen molar-refractivity contribution < 1.29 is 19.4 Å². The zero-order valence-corrected chi connectivity index (χ0v) is 23.2. The van der Waals surface area contributed by atoms with Crippen molar-refractivity contribution in [3.63, 3.8) is 0 Å². The number of carbonyl (C=O) groups excluding carboxylic acids is 2. The molecule has 0 aromatic heterocycles. The minimum absolute atomic E-state index is 0.0309. The van der Waals surface area contributed by atoms with Crippen molar-refractivity contribution in [3.8, 4) is 11.5 Å². The Morgan fingerprint density at radius 2 is 1.61 bits per heavy atom. The SMILES string of the molecule is NCCCCOc1cccc(C(C(=O)N[C@H](CCCN=C(N)N)C(=O)NCc2ccc(O)cc2)c2ccccc2)c1. The van der Waals surface area contributed by atoms with Crippen LogP contribution in [0.3, 0.4) is 0 Å². The van der Waals surface area contributed by atoms with E-state index in [1.165, 1.54) is 0 Å². The summed E-state index contributed by atoms with van der Waals surface area (Å²) in [4.78, 5) is 31.2. The van der Waals surface area contributed by atoms with Crippen molar-refractivity contribution in [3.05, 3.63) is 95.6 Å². The number of carbonyl (C=O) groups is 2. The molecule has 0 spiro atoms. The number of nitrogens with two attached hydrogens (primary N) is 3. The number of rotatable bonds is 16. The molecule has 41 heavy (non-hydrogen) atoms. The fraction of sp³-hybridized carbons (Fsp3) is 0.323. The van der Waals surface area contributed by atoms with Crippen molar-refractivity contribution in [1.29, 1.82) is 0 Å². The third-order valence-electron chi connectivity index (χ3n) is 6.44. The summed E-state index contributed by atoms with van der Waals surface area (Å²) in [7, 11) is 0. The lowest BCUT2D eigenvalue weighted by Gasteiger charge is -2.23. The number of guanidine groups is 1. The van der Waals surface area contributed by atoms with E-state index < -0.39 is 12.0 Å². The Balaban J connectivity index is 1.80. The molecule has 3 rings (SSSR count). The fourth-order valence-electron chi connectivity index (χ4n) is 4.31. The van der Waals surface area contributed by atoms with E-state index in [1.807, 2.05) is 54.6 Å². The number of aromatic hydroxyl groups is 1. The molecule has 0 aliphatic rings. The number of phenols is 1. The summed E-state index contributed by atoms with van der Waals surface area (Å²) in [6.07, 6.45) is 2.52. The molecule has 2 amide bonds. The van der Waals surface area contributed by atoms with Gasteiger partial charge >= 0.3 is 0 Å². The highest BCUT2D eigenvalue weighted by molar-refractivity contribution is 5.92.